The van der Waals surface area contributed by atoms with E-state index in [9.17, 15) is 0 Å². The molecule has 1 rings (SSSR count). The topological polar surface area (TPSA) is 41.7 Å². The fourth-order valence-corrected chi connectivity index (χ4v) is 1.17. The second kappa shape index (κ2) is 3.66. The third kappa shape index (κ3) is 1.68. The van der Waals surface area contributed by atoms with E-state index in [1.165, 1.54) is 11.0 Å². The lowest BCUT2D eigenvalue weighted by Gasteiger charge is -1.93. The van der Waals surface area contributed by atoms with Crippen LogP contribution in [-0.4, -0.2) is 16.1 Å². The van der Waals surface area contributed by atoms with Crippen LogP contribution in [0.15, 0.2) is 10.3 Å². The van der Waals surface area contributed by atoms with Gasteiger partial charge in [-0.2, -0.15) is 5.10 Å². The van der Waals surface area contributed by atoms with E-state index in [1.807, 2.05) is 17.1 Å². The Hall–Kier alpha value is -0.650. The molecular weight excluding hydrogens is 253 g/mol. The smallest absolute Gasteiger partial charge is 0.109 e. The molecule has 1 heterocycles. The van der Waals surface area contributed by atoms with Crippen LogP contribution in [0.3, 0.4) is 0 Å². The van der Waals surface area contributed by atoms with Gasteiger partial charge in [0.25, 0.3) is 0 Å². The molecule has 58 valence electrons. The minimum atomic E-state index is 0.967. The van der Waals surface area contributed by atoms with Crippen LogP contribution in [0.5, 0.6) is 0 Å². The predicted octanol–water partition coefficient (Wildman–Crippen LogP) is 2.05. The highest BCUT2D eigenvalue weighted by atomic mass is 127. The van der Waals surface area contributed by atoms with Crippen molar-refractivity contribution < 1.29 is 0 Å². The van der Waals surface area contributed by atoms with Crippen LogP contribution < -0.4 is 0 Å². The minimum Gasteiger partial charge on any atom is -0.289 e. The van der Waals surface area contributed by atoms with E-state index >= 15 is 0 Å². The van der Waals surface area contributed by atoms with Crippen molar-refractivity contribution in [2.45, 2.75) is 6.92 Å². The van der Waals surface area contributed by atoms with Gasteiger partial charge in [-0.05, 0) is 22.6 Å². The summed E-state index contributed by atoms with van der Waals surface area (Å²) in [4.78, 5) is 0. The van der Waals surface area contributed by atoms with E-state index < -0.39 is 0 Å². The van der Waals surface area contributed by atoms with Crippen molar-refractivity contribution in [2.75, 3.05) is 0 Å². The third-order valence-corrected chi connectivity index (χ3v) is 1.73. The van der Waals surface area contributed by atoms with Gasteiger partial charge in [-0.1, -0.05) is 22.6 Å². The summed E-state index contributed by atoms with van der Waals surface area (Å²) in [6, 6.07) is 0. The second-order valence-corrected chi connectivity index (χ2v) is 2.80. The monoisotopic (exact) mass is 261 g/mol. The first-order valence-corrected chi connectivity index (χ1v) is 4.35. The molecule has 1 aromatic heterocycles. The zero-order chi connectivity index (χ0) is 8.27. The maximum atomic E-state index is 7.02. The summed E-state index contributed by atoms with van der Waals surface area (Å²) in [6.07, 6.45) is 4.86. The van der Waals surface area contributed by atoms with Crippen molar-refractivity contribution in [2.24, 2.45) is 0 Å². The van der Waals surface area contributed by atoms with Crippen LogP contribution >= 0.6 is 22.6 Å². The number of nitrogens with zero attached hydrogens (tertiary/aromatic N) is 2. The zero-order valence-electron chi connectivity index (χ0n) is 6.08. The molecule has 1 N–H and O–H groups in total. The molecule has 3 nitrogen and oxygen atoms in total. The highest BCUT2D eigenvalue weighted by Gasteiger charge is 1.99. The van der Waals surface area contributed by atoms with Crippen molar-refractivity contribution >= 4 is 35.0 Å². The lowest BCUT2D eigenvalue weighted by Crippen LogP contribution is -1.98. The molecular formula is C7H8IN3. The first kappa shape index (κ1) is 8.45. The van der Waals surface area contributed by atoms with Crippen LogP contribution in [-0.2, 0) is 0 Å². The molecule has 0 saturated heterocycles. The zero-order valence-corrected chi connectivity index (χ0v) is 8.24. The number of rotatable bonds is 2. The molecule has 0 fully saturated rings. The molecule has 0 amide bonds. The summed E-state index contributed by atoms with van der Waals surface area (Å²) in [5.41, 5.74) is 2.05. The van der Waals surface area contributed by atoms with Gasteiger partial charge in [0.2, 0.25) is 0 Å². The molecule has 4 heteroatoms. The van der Waals surface area contributed by atoms with Crippen molar-refractivity contribution in [3.63, 3.8) is 0 Å². The molecule has 0 spiro atoms. The summed E-state index contributed by atoms with van der Waals surface area (Å²) in [5.74, 6) is 0. The van der Waals surface area contributed by atoms with Gasteiger partial charge in [-0.15, -0.1) is 0 Å². The summed E-state index contributed by atoms with van der Waals surface area (Å²) >= 11 is 2.14. The third-order valence-electron chi connectivity index (χ3n) is 1.37. The SMILES string of the molecule is Cc1cnn(C=N)c1/C=C\I. The van der Waals surface area contributed by atoms with Crippen LogP contribution in [0.2, 0.25) is 0 Å². The molecule has 0 aromatic carbocycles. The number of halogens is 1. The Bertz CT molecular complexity index is 288. The van der Waals surface area contributed by atoms with Gasteiger partial charge in [-0.25, -0.2) is 4.68 Å². The molecule has 11 heavy (non-hydrogen) atoms. The largest absolute Gasteiger partial charge is 0.289 e. The van der Waals surface area contributed by atoms with Gasteiger partial charge < -0.3 is 0 Å². The fraction of sp³-hybridized carbons (Fsp3) is 0.143. The quantitative estimate of drug-likeness (QED) is 0.494. The fourth-order valence-electron chi connectivity index (χ4n) is 0.828. The molecule has 1 aromatic rings. The van der Waals surface area contributed by atoms with E-state index in [0.29, 0.717) is 0 Å². The number of aromatic nitrogens is 2. The Morgan fingerprint density at radius 3 is 3.00 bits per heavy atom. The van der Waals surface area contributed by atoms with Crippen LogP contribution in [0.25, 0.3) is 6.08 Å². The molecule has 0 unspecified atom stereocenters. The first-order chi connectivity index (χ1) is 5.29. The highest BCUT2D eigenvalue weighted by molar-refractivity contribution is 14.1. The van der Waals surface area contributed by atoms with Gasteiger partial charge in [-0.3, -0.25) is 5.41 Å². The number of hydrogen-bond donors (Lipinski definition) is 1. The second-order valence-electron chi connectivity index (χ2n) is 2.08. The molecule has 0 radical (unpaired) electrons. The molecule has 0 saturated carbocycles. The number of hydrogen-bond acceptors (Lipinski definition) is 2. The summed E-state index contributed by atoms with van der Waals surface area (Å²) in [6.45, 7) is 1.97. The summed E-state index contributed by atoms with van der Waals surface area (Å²) in [5, 5.41) is 11.0. The van der Waals surface area contributed by atoms with E-state index in [4.69, 9.17) is 5.41 Å². The molecule has 0 bridgehead atoms. The first-order valence-electron chi connectivity index (χ1n) is 3.11. The standard InChI is InChI=1S/C7H8IN3/c1-6-4-10-11(5-9)7(6)2-3-8/h2-5,9H,1H3/b3-2-,9-5?. The maximum absolute atomic E-state index is 7.02. The van der Waals surface area contributed by atoms with E-state index in [1.54, 1.807) is 6.20 Å². The van der Waals surface area contributed by atoms with E-state index in [0.717, 1.165) is 11.3 Å². The minimum absolute atomic E-state index is 0.967. The number of nitrogens with one attached hydrogen (secondary N) is 1. The van der Waals surface area contributed by atoms with Crippen molar-refractivity contribution in [1.29, 1.82) is 5.41 Å². The van der Waals surface area contributed by atoms with Gasteiger partial charge in [0.1, 0.15) is 6.34 Å². The van der Waals surface area contributed by atoms with Crippen LogP contribution in [0.1, 0.15) is 11.3 Å². The summed E-state index contributed by atoms with van der Waals surface area (Å²) in [7, 11) is 0. The average molecular weight is 261 g/mol. The van der Waals surface area contributed by atoms with Gasteiger partial charge >= 0.3 is 0 Å². The lowest BCUT2D eigenvalue weighted by molar-refractivity contribution is 0.939. The Morgan fingerprint density at radius 2 is 2.45 bits per heavy atom. The highest BCUT2D eigenvalue weighted by Crippen LogP contribution is 2.08. The van der Waals surface area contributed by atoms with Crippen molar-refractivity contribution in [3.8, 4) is 0 Å². The van der Waals surface area contributed by atoms with Gasteiger partial charge in [0.05, 0.1) is 11.9 Å². The normalized spacial score (nSPS) is 10.7. The molecule has 0 atom stereocenters. The lowest BCUT2D eigenvalue weighted by atomic mass is 10.3. The van der Waals surface area contributed by atoms with E-state index in [2.05, 4.69) is 27.7 Å². The van der Waals surface area contributed by atoms with Crippen LogP contribution in [0.4, 0.5) is 0 Å². The summed E-state index contributed by atoms with van der Waals surface area (Å²) < 4.78 is 3.44. The van der Waals surface area contributed by atoms with Gasteiger partial charge in [0.15, 0.2) is 0 Å². The molecule has 0 aliphatic rings. The Labute approximate surface area is 78.8 Å². The maximum Gasteiger partial charge on any atom is 0.109 e. The Morgan fingerprint density at radius 1 is 1.73 bits per heavy atom. The van der Waals surface area contributed by atoms with Crippen LogP contribution in [0, 0.1) is 12.3 Å². The number of aryl methyl sites for hydroxylation is 1. The average Bonchev–Trinajstić information content (AvgIpc) is 2.34. The van der Waals surface area contributed by atoms with Crippen molar-refractivity contribution in [3.05, 3.63) is 21.5 Å². The predicted molar refractivity (Wildman–Crippen MR) is 54.2 cm³/mol. The Kier molecular flexibility index (Phi) is 2.81. The molecule has 0 aliphatic heterocycles. The van der Waals surface area contributed by atoms with Gasteiger partial charge in [0, 0.05) is 0 Å². The van der Waals surface area contributed by atoms with Crippen molar-refractivity contribution in [1.82, 2.24) is 9.78 Å². The Balaban J connectivity index is 3.17. The van der Waals surface area contributed by atoms with E-state index in [-0.39, 0.29) is 0 Å². The molecule has 0 aliphatic carbocycles.